The summed E-state index contributed by atoms with van der Waals surface area (Å²) in [6, 6.07) is -0.728. The highest BCUT2D eigenvalue weighted by Crippen LogP contribution is 2.26. The summed E-state index contributed by atoms with van der Waals surface area (Å²) >= 11 is 0. The minimum Gasteiger partial charge on any atom is -0.480 e. The van der Waals surface area contributed by atoms with Crippen molar-refractivity contribution >= 4 is 18.0 Å². The lowest BCUT2D eigenvalue weighted by Crippen LogP contribution is -2.52. The lowest BCUT2D eigenvalue weighted by Gasteiger charge is -2.29. The molecule has 1 fully saturated rings. The monoisotopic (exact) mass is 344 g/mol. The molecule has 0 spiro atoms. The number of carbonyl (C=O) groups excluding carboxylic acids is 2. The van der Waals surface area contributed by atoms with Crippen LogP contribution in [0.5, 0.6) is 0 Å². The van der Waals surface area contributed by atoms with E-state index >= 15 is 0 Å². The van der Waals surface area contributed by atoms with Gasteiger partial charge in [0, 0.05) is 0 Å². The Balaban J connectivity index is 0.00000118. The van der Waals surface area contributed by atoms with E-state index in [4.69, 9.17) is 9.84 Å². The molecule has 7 heteroatoms. The highest BCUT2D eigenvalue weighted by molar-refractivity contribution is 5.88. The van der Waals surface area contributed by atoms with Crippen LogP contribution in [0, 0.1) is 11.8 Å². The zero-order chi connectivity index (χ0) is 18.5. The Hall–Kier alpha value is -1.79. The Kier molecular flexibility index (Phi) is 11.7. The fourth-order valence-corrected chi connectivity index (χ4v) is 2.44. The second-order valence-electron chi connectivity index (χ2n) is 6.58. The van der Waals surface area contributed by atoms with Crippen LogP contribution in [0.2, 0.25) is 0 Å². The molecule has 1 aliphatic carbocycles. The Labute approximate surface area is 144 Å². The normalized spacial score (nSPS) is 15.7. The van der Waals surface area contributed by atoms with Crippen LogP contribution in [0.4, 0.5) is 4.79 Å². The highest BCUT2D eigenvalue weighted by Gasteiger charge is 2.31. The fraction of sp³-hybridized carbons (Fsp3) is 0.824. The molecule has 0 aliphatic heterocycles. The quantitative estimate of drug-likeness (QED) is 0.687. The van der Waals surface area contributed by atoms with Gasteiger partial charge in [0.1, 0.15) is 12.6 Å². The standard InChI is InChI=1S/C13H22N2O5.C4H10/c1-2-20-13(19)15-11(9-6-4-3-5-7-9)12(18)14-8-10(16)17;1-4(2)3/h9,11H,2-8H2,1H3,(H,14,18)(H,15,19)(H,16,17);4H,1-3H3. The third-order valence-corrected chi connectivity index (χ3v) is 3.37. The summed E-state index contributed by atoms with van der Waals surface area (Å²) in [5.74, 6) is -0.716. The third kappa shape index (κ3) is 10.9. The Bertz CT molecular complexity index is 390. The summed E-state index contributed by atoms with van der Waals surface area (Å²) in [4.78, 5) is 34.1. The zero-order valence-corrected chi connectivity index (χ0v) is 15.3. The third-order valence-electron chi connectivity index (χ3n) is 3.37. The van der Waals surface area contributed by atoms with Crippen LogP contribution in [0.3, 0.4) is 0 Å². The van der Waals surface area contributed by atoms with Crippen LogP contribution in [0.1, 0.15) is 59.8 Å². The van der Waals surface area contributed by atoms with E-state index in [-0.39, 0.29) is 12.5 Å². The number of alkyl carbamates (subject to hydrolysis) is 1. The molecule has 1 unspecified atom stereocenters. The maximum Gasteiger partial charge on any atom is 0.407 e. The Morgan fingerprint density at radius 3 is 2.12 bits per heavy atom. The number of aliphatic carboxylic acids is 1. The van der Waals surface area contributed by atoms with Gasteiger partial charge in [0.05, 0.1) is 6.61 Å². The van der Waals surface area contributed by atoms with Crippen molar-refractivity contribution in [3.63, 3.8) is 0 Å². The number of hydrogen-bond acceptors (Lipinski definition) is 4. The molecular weight excluding hydrogens is 312 g/mol. The summed E-state index contributed by atoms with van der Waals surface area (Å²) in [5, 5.41) is 13.5. The van der Waals surface area contributed by atoms with E-state index in [2.05, 4.69) is 31.4 Å². The van der Waals surface area contributed by atoms with Gasteiger partial charge in [-0.2, -0.15) is 0 Å². The second-order valence-corrected chi connectivity index (χ2v) is 6.58. The van der Waals surface area contributed by atoms with Crippen LogP contribution in [0.15, 0.2) is 0 Å². The molecule has 0 aromatic rings. The van der Waals surface area contributed by atoms with Gasteiger partial charge in [0.15, 0.2) is 0 Å². The smallest absolute Gasteiger partial charge is 0.407 e. The van der Waals surface area contributed by atoms with Crippen LogP contribution < -0.4 is 10.6 Å². The molecule has 1 atom stereocenters. The van der Waals surface area contributed by atoms with E-state index in [1.54, 1.807) is 6.92 Å². The number of ether oxygens (including phenoxy) is 1. The van der Waals surface area contributed by atoms with Crippen molar-refractivity contribution in [3.05, 3.63) is 0 Å². The largest absolute Gasteiger partial charge is 0.480 e. The van der Waals surface area contributed by atoms with Crippen molar-refractivity contribution in [1.82, 2.24) is 10.6 Å². The van der Waals surface area contributed by atoms with Gasteiger partial charge in [-0.1, -0.05) is 40.0 Å². The fourth-order valence-electron chi connectivity index (χ4n) is 2.44. The number of carboxylic acid groups (broad SMARTS) is 1. The Morgan fingerprint density at radius 1 is 1.12 bits per heavy atom. The minimum absolute atomic E-state index is 0.0296. The number of hydrogen-bond donors (Lipinski definition) is 3. The molecule has 140 valence electrons. The highest BCUT2D eigenvalue weighted by atomic mass is 16.5. The zero-order valence-electron chi connectivity index (χ0n) is 15.3. The van der Waals surface area contributed by atoms with Crippen LogP contribution >= 0.6 is 0 Å². The molecule has 0 heterocycles. The predicted molar refractivity (Wildman–Crippen MR) is 91.7 cm³/mol. The summed E-state index contributed by atoms with van der Waals surface area (Å²) in [7, 11) is 0. The summed E-state index contributed by atoms with van der Waals surface area (Å²) in [6.45, 7) is 7.95. The van der Waals surface area contributed by atoms with Crippen molar-refractivity contribution < 1.29 is 24.2 Å². The molecule has 0 saturated heterocycles. The average Bonchev–Trinajstić information content (AvgIpc) is 2.51. The van der Waals surface area contributed by atoms with Gasteiger partial charge in [0.2, 0.25) is 5.91 Å². The van der Waals surface area contributed by atoms with E-state index in [1.807, 2.05) is 0 Å². The summed E-state index contributed by atoms with van der Waals surface area (Å²) in [6.07, 6.45) is 4.19. The first-order valence-electron chi connectivity index (χ1n) is 8.70. The van der Waals surface area contributed by atoms with Gasteiger partial charge in [-0.3, -0.25) is 9.59 Å². The number of rotatable bonds is 6. The van der Waals surface area contributed by atoms with E-state index in [0.29, 0.717) is 0 Å². The summed E-state index contributed by atoms with van der Waals surface area (Å²) in [5.41, 5.74) is 0. The van der Waals surface area contributed by atoms with Gasteiger partial charge in [-0.15, -0.1) is 0 Å². The van der Waals surface area contributed by atoms with E-state index in [9.17, 15) is 14.4 Å². The molecule has 1 rings (SSSR count). The molecule has 1 aliphatic rings. The van der Waals surface area contributed by atoms with Gasteiger partial charge in [-0.05, 0) is 31.6 Å². The minimum atomic E-state index is -1.11. The molecule has 3 N–H and O–H groups in total. The van der Waals surface area contributed by atoms with Crippen molar-refractivity contribution in [1.29, 1.82) is 0 Å². The molecule has 0 radical (unpaired) electrons. The lowest BCUT2D eigenvalue weighted by molar-refractivity contribution is -0.138. The van der Waals surface area contributed by atoms with Crippen LogP contribution in [-0.4, -0.2) is 42.3 Å². The molecule has 1 saturated carbocycles. The topological polar surface area (TPSA) is 105 Å². The first-order valence-corrected chi connectivity index (χ1v) is 8.70. The van der Waals surface area contributed by atoms with E-state index in [0.717, 1.165) is 38.0 Å². The number of carboxylic acids is 1. The van der Waals surface area contributed by atoms with Crippen LogP contribution in [-0.2, 0) is 14.3 Å². The molecule has 0 bridgehead atoms. The number of amides is 2. The molecule has 0 aromatic carbocycles. The second kappa shape index (κ2) is 12.6. The maximum atomic E-state index is 12.0. The molecule has 7 nitrogen and oxygen atoms in total. The van der Waals surface area contributed by atoms with Crippen LogP contribution in [0.25, 0.3) is 0 Å². The SMILES string of the molecule is CC(C)C.CCOC(=O)NC(C(=O)NCC(=O)O)C1CCCCC1. The van der Waals surface area contributed by atoms with Crippen molar-refractivity contribution in [2.24, 2.45) is 11.8 Å². The van der Waals surface area contributed by atoms with Gasteiger partial charge in [-0.25, -0.2) is 4.79 Å². The lowest BCUT2D eigenvalue weighted by atomic mass is 9.83. The Morgan fingerprint density at radius 2 is 1.67 bits per heavy atom. The average molecular weight is 344 g/mol. The van der Waals surface area contributed by atoms with E-state index < -0.39 is 30.6 Å². The van der Waals surface area contributed by atoms with Gasteiger partial charge < -0.3 is 20.5 Å². The van der Waals surface area contributed by atoms with Gasteiger partial charge in [0.25, 0.3) is 0 Å². The van der Waals surface area contributed by atoms with E-state index in [1.165, 1.54) is 0 Å². The predicted octanol–water partition coefficient (Wildman–Crippen LogP) is 2.54. The van der Waals surface area contributed by atoms with Crippen molar-refractivity contribution in [2.45, 2.75) is 65.8 Å². The maximum absolute atomic E-state index is 12.0. The van der Waals surface area contributed by atoms with Crippen molar-refractivity contribution in [3.8, 4) is 0 Å². The molecule has 24 heavy (non-hydrogen) atoms. The molecular formula is C17H32N2O5. The van der Waals surface area contributed by atoms with Crippen molar-refractivity contribution in [2.75, 3.05) is 13.2 Å². The first-order chi connectivity index (χ1) is 11.3. The van der Waals surface area contributed by atoms with Gasteiger partial charge >= 0.3 is 12.1 Å². The number of nitrogens with one attached hydrogen (secondary N) is 2. The summed E-state index contributed by atoms with van der Waals surface area (Å²) < 4.78 is 4.79. The first kappa shape index (κ1) is 22.2. The molecule has 0 aromatic heterocycles. The molecule has 2 amide bonds. The number of carbonyl (C=O) groups is 3.